The van der Waals surface area contributed by atoms with Gasteiger partial charge in [0.1, 0.15) is 0 Å². The summed E-state index contributed by atoms with van der Waals surface area (Å²) in [5.41, 5.74) is -11.0. The van der Waals surface area contributed by atoms with Gasteiger partial charge in [0.05, 0.1) is 0 Å². The first-order valence-electron chi connectivity index (χ1n) is 5.26. The van der Waals surface area contributed by atoms with Crippen molar-refractivity contribution in [1.82, 2.24) is 0 Å². The predicted molar refractivity (Wildman–Crippen MR) is 50.1 cm³/mol. The van der Waals surface area contributed by atoms with Gasteiger partial charge in [0.25, 0.3) is 0 Å². The van der Waals surface area contributed by atoms with Crippen LogP contribution < -0.4 is 0 Å². The molecule has 0 atom stereocenters. The molecule has 0 aliphatic rings. The molecule has 0 N–H and O–H groups in total. The van der Waals surface area contributed by atoms with E-state index >= 15 is 0 Å². The molecule has 0 aliphatic carbocycles. The van der Waals surface area contributed by atoms with E-state index in [1.165, 1.54) is 0 Å². The lowest BCUT2D eigenvalue weighted by molar-refractivity contribution is -0.348. The largest absolute Gasteiger partial charge is 0.458 e. The second kappa shape index (κ2) is 5.20. The van der Waals surface area contributed by atoms with Gasteiger partial charge < -0.3 is 0 Å². The van der Waals surface area contributed by atoms with Crippen LogP contribution in [-0.2, 0) is 11.6 Å². The highest BCUT2D eigenvalue weighted by Crippen LogP contribution is 2.54. The summed E-state index contributed by atoms with van der Waals surface area (Å²) in [4.78, 5) is 0. The summed E-state index contributed by atoms with van der Waals surface area (Å²) in [5, 5.41) is 0. The average molecular weight is 363 g/mol. The molecule has 0 amide bonds. The smallest absolute Gasteiger partial charge is 0.218 e. The first kappa shape index (κ1) is 19.4. The zero-order valence-electron chi connectivity index (χ0n) is 10.3. The Morgan fingerprint density at radius 3 is 1.43 bits per heavy atom. The van der Waals surface area contributed by atoms with Gasteiger partial charge in [-0.05, 0) is 12.1 Å². The van der Waals surface area contributed by atoms with E-state index in [-0.39, 0.29) is 12.1 Å². The van der Waals surface area contributed by atoms with E-state index in [1.807, 2.05) is 0 Å². The van der Waals surface area contributed by atoms with E-state index in [2.05, 4.69) is 0 Å². The van der Waals surface area contributed by atoms with Crippen LogP contribution >= 0.6 is 0 Å². The fourth-order valence-corrected chi connectivity index (χ4v) is 1.50. The van der Waals surface area contributed by atoms with Crippen LogP contribution in [0.2, 0.25) is 0 Å². The molecule has 131 valence electrons. The van der Waals surface area contributed by atoms with Gasteiger partial charge in [-0.2, -0.15) is 48.3 Å². The summed E-state index contributed by atoms with van der Waals surface area (Å²) >= 11 is 0. The number of hydrogen-bond donors (Lipinski definition) is 0. The van der Waals surface area contributed by atoms with Crippen molar-refractivity contribution in [1.29, 1.82) is 0 Å². The molecule has 1 aromatic rings. The minimum Gasteiger partial charge on any atom is -0.218 e. The molecule has 0 aliphatic heterocycles. The Morgan fingerprint density at radius 1 is 0.652 bits per heavy atom. The van der Waals surface area contributed by atoms with Crippen LogP contribution in [-0.4, -0.2) is 18.5 Å². The summed E-state index contributed by atoms with van der Waals surface area (Å²) in [7, 11) is 0. The quantitative estimate of drug-likeness (QED) is 0.615. The Balaban J connectivity index is 3.60. The second-order valence-corrected chi connectivity index (χ2v) is 4.22. The monoisotopic (exact) mass is 363 g/mol. The minimum atomic E-state index is -6.64. The van der Waals surface area contributed by atoms with Gasteiger partial charge in [0.2, 0.25) is 0 Å². The number of benzene rings is 1. The summed E-state index contributed by atoms with van der Waals surface area (Å²) < 4.78 is 150. The first-order chi connectivity index (χ1) is 9.96. The fraction of sp³-hybridized carbons (Fsp3) is 0.455. The summed E-state index contributed by atoms with van der Waals surface area (Å²) in [6, 6.07) is -0.0337. The molecule has 0 heterocycles. The number of alkyl halides is 12. The number of halogens is 12. The molecule has 0 saturated heterocycles. The molecule has 1 radical (unpaired) electrons. The molecule has 12 heteroatoms. The molecular weight excluding hydrogens is 360 g/mol. The summed E-state index contributed by atoms with van der Waals surface area (Å²) in [5.74, 6) is -5.82. The second-order valence-electron chi connectivity index (χ2n) is 4.22. The molecule has 1 rings (SSSR count). The van der Waals surface area contributed by atoms with Crippen LogP contribution in [0, 0.1) is 6.07 Å². The van der Waals surface area contributed by atoms with E-state index in [9.17, 15) is 52.7 Å². The zero-order valence-corrected chi connectivity index (χ0v) is 10.3. The Kier molecular flexibility index (Phi) is 4.39. The number of hydrogen-bond acceptors (Lipinski definition) is 0. The van der Waals surface area contributed by atoms with Gasteiger partial charge in [-0.3, -0.25) is 0 Å². The lowest BCUT2D eigenvalue weighted by atomic mass is 9.91. The highest BCUT2D eigenvalue weighted by Gasteiger charge is 2.73. The van der Waals surface area contributed by atoms with Crippen molar-refractivity contribution in [2.45, 2.75) is 30.1 Å². The molecule has 0 fully saturated rings. The van der Waals surface area contributed by atoms with Crippen molar-refractivity contribution in [2.75, 3.05) is 0 Å². The molecular formula is C11H3F12. The lowest BCUT2D eigenvalue weighted by Crippen LogP contribution is -2.50. The van der Waals surface area contributed by atoms with Gasteiger partial charge in [-0.15, -0.1) is 0 Å². The van der Waals surface area contributed by atoms with Crippen LogP contribution in [0.25, 0.3) is 0 Å². The van der Waals surface area contributed by atoms with Gasteiger partial charge in [-0.1, -0.05) is 12.1 Å². The lowest BCUT2D eigenvalue weighted by Gasteiger charge is -2.31. The molecule has 0 unspecified atom stereocenters. The minimum absolute atomic E-state index is 0.0872. The third-order valence-electron chi connectivity index (χ3n) is 2.67. The van der Waals surface area contributed by atoms with Crippen LogP contribution in [0.1, 0.15) is 11.1 Å². The zero-order chi connectivity index (χ0) is 18.5. The van der Waals surface area contributed by atoms with Crippen molar-refractivity contribution in [3.63, 3.8) is 0 Å². The molecule has 0 aromatic heterocycles. The van der Waals surface area contributed by atoms with Crippen molar-refractivity contribution in [2.24, 2.45) is 0 Å². The van der Waals surface area contributed by atoms with Crippen molar-refractivity contribution >= 4 is 0 Å². The fourth-order valence-electron chi connectivity index (χ4n) is 1.50. The van der Waals surface area contributed by atoms with E-state index in [0.29, 0.717) is 0 Å². The molecule has 23 heavy (non-hydrogen) atoms. The van der Waals surface area contributed by atoms with Crippen LogP contribution in [0.3, 0.4) is 0 Å². The van der Waals surface area contributed by atoms with E-state index in [0.717, 1.165) is 6.07 Å². The predicted octanol–water partition coefficient (Wildman–Crippen LogP) is 5.43. The molecule has 1 aromatic carbocycles. The normalized spacial score (nSPS) is 15.0. The maximum absolute atomic E-state index is 13.6. The van der Waals surface area contributed by atoms with Gasteiger partial charge in [0, 0.05) is 11.1 Å². The highest BCUT2D eigenvalue weighted by atomic mass is 19.4. The Bertz CT molecular complexity index is 548. The summed E-state index contributed by atoms with van der Waals surface area (Å²) in [6.45, 7) is 0. The van der Waals surface area contributed by atoms with Crippen LogP contribution in [0.4, 0.5) is 52.7 Å². The molecule has 0 spiro atoms. The highest BCUT2D eigenvalue weighted by molar-refractivity contribution is 5.33. The SMILES string of the molecule is FC(F)(F)C(F)(F)c1[c]ccc(C(F)(C(F)(F)F)C(F)(F)F)c1. The Hall–Kier alpha value is -1.62. The maximum atomic E-state index is 13.6. The third-order valence-corrected chi connectivity index (χ3v) is 2.67. The topological polar surface area (TPSA) is 0 Å². The third kappa shape index (κ3) is 3.07. The van der Waals surface area contributed by atoms with Gasteiger partial charge in [-0.25, -0.2) is 4.39 Å². The Labute approximate surface area is 119 Å². The van der Waals surface area contributed by atoms with Gasteiger partial charge >= 0.3 is 30.1 Å². The van der Waals surface area contributed by atoms with Crippen LogP contribution in [0.5, 0.6) is 0 Å². The molecule has 0 bridgehead atoms. The summed E-state index contributed by atoms with van der Waals surface area (Å²) in [6.07, 6.45) is -19.6. The van der Waals surface area contributed by atoms with Crippen molar-refractivity contribution in [3.05, 3.63) is 35.4 Å². The molecule has 0 nitrogen and oxygen atoms in total. The number of rotatable bonds is 2. The maximum Gasteiger partial charge on any atom is 0.458 e. The van der Waals surface area contributed by atoms with Crippen molar-refractivity contribution in [3.8, 4) is 0 Å². The van der Waals surface area contributed by atoms with Crippen LogP contribution in [0.15, 0.2) is 18.2 Å². The first-order valence-corrected chi connectivity index (χ1v) is 5.26. The van der Waals surface area contributed by atoms with E-state index < -0.39 is 47.3 Å². The van der Waals surface area contributed by atoms with E-state index in [1.54, 1.807) is 0 Å². The van der Waals surface area contributed by atoms with Gasteiger partial charge in [0.15, 0.2) is 0 Å². The molecule has 0 saturated carbocycles. The van der Waals surface area contributed by atoms with Crippen molar-refractivity contribution < 1.29 is 52.7 Å². The van der Waals surface area contributed by atoms with E-state index in [4.69, 9.17) is 0 Å². The Morgan fingerprint density at radius 2 is 1.09 bits per heavy atom. The standard InChI is InChI=1S/C11H3F12/c12-7(9(15,16)17,10(18,19)20)5-2-1-3-6(4-5)8(13,14)11(21,22)23/h1-2,4H. The average Bonchev–Trinajstić information content (AvgIpc) is 2.33.